The van der Waals surface area contributed by atoms with Crippen molar-refractivity contribution in [3.05, 3.63) is 11.3 Å². The number of rotatable bonds is 4. The number of fused-ring (bicyclic) bond motifs is 1. The van der Waals surface area contributed by atoms with Crippen LogP contribution in [0.3, 0.4) is 0 Å². The van der Waals surface area contributed by atoms with Crippen molar-refractivity contribution in [1.82, 2.24) is 10.2 Å². The molecule has 6 nitrogen and oxygen atoms in total. The van der Waals surface area contributed by atoms with Crippen molar-refractivity contribution in [1.29, 1.82) is 0 Å². The summed E-state index contributed by atoms with van der Waals surface area (Å²) in [5, 5.41) is 11.7. The zero-order chi connectivity index (χ0) is 14.2. The Balaban J connectivity index is 2.21. The molecule has 1 saturated heterocycles. The monoisotopic (exact) mass is 368 g/mol. The van der Waals surface area contributed by atoms with Crippen LogP contribution in [-0.4, -0.2) is 56.2 Å². The number of alkyl halides is 2. The van der Waals surface area contributed by atoms with E-state index in [2.05, 4.69) is 21.2 Å². The number of amides is 2. The lowest BCUT2D eigenvalue weighted by molar-refractivity contribution is -0.150. The molecule has 0 radical (unpaired) electrons. The number of nitrogens with one attached hydrogen (secondary N) is 1. The molecule has 2 rings (SSSR count). The molecule has 9 heteroatoms. The van der Waals surface area contributed by atoms with Gasteiger partial charge in [0.1, 0.15) is 23.0 Å². The van der Waals surface area contributed by atoms with Crippen LogP contribution in [0.5, 0.6) is 0 Å². The van der Waals surface area contributed by atoms with E-state index in [1.165, 1.54) is 16.7 Å². The van der Waals surface area contributed by atoms with Crippen molar-refractivity contribution in [2.75, 3.05) is 17.0 Å². The van der Waals surface area contributed by atoms with Gasteiger partial charge in [-0.1, -0.05) is 15.9 Å². The van der Waals surface area contributed by atoms with Crippen LogP contribution in [0.1, 0.15) is 0 Å². The van der Waals surface area contributed by atoms with Crippen LogP contribution in [0.2, 0.25) is 0 Å². The summed E-state index contributed by atoms with van der Waals surface area (Å²) in [5.41, 5.74) is 0.672. The first-order valence-corrected chi connectivity index (χ1v) is 8.03. The lowest BCUT2D eigenvalue weighted by Crippen LogP contribution is -2.70. The Bertz CT molecular complexity index is 484. The molecular weight excluding hydrogens is 360 g/mol. The minimum atomic E-state index is -1.13. The van der Waals surface area contributed by atoms with Gasteiger partial charge in [0.25, 0.3) is 5.91 Å². The SMILES string of the molecule is O=C(CCl)NC1C(=O)N2C(C(=O)O)=C(CBr)CSC12. The molecule has 2 aliphatic rings. The molecule has 104 valence electrons. The molecule has 2 N–H and O–H groups in total. The Kier molecular flexibility index (Phi) is 4.42. The number of carbonyl (C=O) groups excluding carboxylic acids is 2. The van der Waals surface area contributed by atoms with E-state index in [-0.39, 0.29) is 17.0 Å². The normalized spacial score (nSPS) is 25.8. The predicted molar refractivity (Wildman–Crippen MR) is 74.2 cm³/mol. The predicted octanol–water partition coefficient (Wildman–Crippen LogP) is 0.359. The summed E-state index contributed by atoms with van der Waals surface area (Å²) in [7, 11) is 0. The van der Waals surface area contributed by atoms with Crippen LogP contribution in [0.25, 0.3) is 0 Å². The van der Waals surface area contributed by atoms with E-state index in [0.29, 0.717) is 16.7 Å². The second-order valence-electron chi connectivity index (χ2n) is 3.98. The van der Waals surface area contributed by atoms with Crippen molar-refractivity contribution in [2.24, 2.45) is 0 Å². The molecule has 0 saturated carbocycles. The first-order valence-electron chi connectivity index (χ1n) is 5.32. The third-order valence-corrected chi connectivity index (χ3v) is 5.11. The van der Waals surface area contributed by atoms with Crippen LogP contribution in [-0.2, 0) is 14.4 Å². The van der Waals surface area contributed by atoms with Gasteiger partial charge in [-0.15, -0.1) is 23.4 Å². The second kappa shape index (κ2) is 5.72. The summed E-state index contributed by atoms with van der Waals surface area (Å²) in [6.07, 6.45) is 0. The highest BCUT2D eigenvalue weighted by Gasteiger charge is 2.53. The van der Waals surface area contributed by atoms with Gasteiger partial charge in [-0.2, -0.15) is 0 Å². The number of nitrogens with zero attached hydrogens (tertiary/aromatic N) is 1. The summed E-state index contributed by atoms with van der Waals surface area (Å²) >= 11 is 10.0. The molecule has 2 heterocycles. The van der Waals surface area contributed by atoms with Crippen LogP contribution in [0.4, 0.5) is 0 Å². The van der Waals surface area contributed by atoms with Crippen molar-refractivity contribution in [2.45, 2.75) is 11.4 Å². The molecule has 0 bridgehead atoms. The van der Waals surface area contributed by atoms with Gasteiger partial charge in [0.15, 0.2) is 0 Å². The maximum Gasteiger partial charge on any atom is 0.352 e. The third-order valence-electron chi connectivity index (χ3n) is 2.85. The molecule has 0 aromatic carbocycles. The number of carboxylic acid groups (broad SMARTS) is 1. The molecule has 2 unspecified atom stereocenters. The molecular formula is C10H10BrClN2O4S. The van der Waals surface area contributed by atoms with Crippen LogP contribution >= 0.6 is 39.3 Å². The topological polar surface area (TPSA) is 86.7 Å². The highest BCUT2D eigenvalue weighted by atomic mass is 79.9. The highest BCUT2D eigenvalue weighted by molar-refractivity contribution is 9.09. The van der Waals surface area contributed by atoms with Gasteiger partial charge in [0.05, 0.1) is 0 Å². The van der Waals surface area contributed by atoms with E-state index in [0.717, 1.165) is 0 Å². The smallest absolute Gasteiger partial charge is 0.352 e. The van der Waals surface area contributed by atoms with Crippen molar-refractivity contribution in [3.8, 4) is 0 Å². The average Bonchev–Trinajstić information content (AvgIpc) is 2.42. The molecule has 0 spiro atoms. The van der Waals surface area contributed by atoms with Crippen molar-refractivity contribution in [3.63, 3.8) is 0 Å². The first-order chi connectivity index (χ1) is 9.01. The lowest BCUT2D eigenvalue weighted by atomic mass is 10.0. The van der Waals surface area contributed by atoms with Gasteiger partial charge in [0, 0.05) is 11.1 Å². The Morgan fingerprint density at radius 2 is 2.26 bits per heavy atom. The zero-order valence-corrected chi connectivity index (χ0v) is 12.7. The van der Waals surface area contributed by atoms with Gasteiger partial charge >= 0.3 is 5.97 Å². The number of aliphatic carboxylic acids is 1. The van der Waals surface area contributed by atoms with E-state index < -0.39 is 23.8 Å². The van der Waals surface area contributed by atoms with Gasteiger partial charge in [-0.05, 0) is 5.57 Å². The molecule has 2 amide bonds. The van der Waals surface area contributed by atoms with Crippen molar-refractivity contribution < 1.29 is 19.5 Å². The Morgan fingerprint density at radius 3 is 2.79 bits per heavy atom. The first kappa shape index (κ1) is 14.7. The van der Waals surface area contributed by atoms with E-state index in [1.807, 2.05) is 0 Å². The minimum Gasteiger partial charge on any atom is -0.477 e. The Labute approximate surface area is 126 Å². The van der Waals surface area contributed by atoms with E-state index in [9.17, 15) is 19.5 Å². The number of halogens is 2. The van der Waals surface area contributed by atoms with Crippen LogP contribution < -0.4 is 5.32 Å². The van der Waals surface area contributed by atoms with Gasteiger partial charge in [-0.25, -0.2) is 4.79 Å². The average molecular weight is 370 g/mol. The van der Waals surface area contributed by atoms with Gasteiger partial charge < -0.3 is 10.4 Å². The van der Waals surface area contributed by atoms with Crippen molar-refractivity contribution >= 4 is 57.1 Å². The molecule has 1 fully saturated rings. The third kappa shape index (κ3) is 2.48. The number of carbonyl (C=O) groups is 3. The lowest BCUT2D eigenvalue weighted by Gasteiger charge is -2.49. The summed E-state index contributed by atoms with van der Waals surface area (Å²) in [4.78, 5) is 35.7. The summed E-state index contributed by atoms with van der Waals surface area (Å²) in [6, 6.07) is -0.692. The number of hydrogen-bond donors (Lipinski definition) is 2. The molecule has 0 aromatic rings. The fraction of sp³-hybridized carbons (Fsp3) is 0.500. The zero-order valence-electron chi connectivity index (χ0n) is 9.56. The standard InChI is InChI=1S/C10H10BrClN2O4S/c11-1-4-3-19-9-6(13-5(15)2-12)8(16)14(9)7(4)10(17)18/h6,9H,1-3H2,(H,13,15)(H,17,18). The quantitative estimate of drug-likeness (QED) is 0.552. The number of thioether (sulfide) groups is 1. The molecule has 0 aromatic heterocycles. The maximum atomic E-state index is 12.0. The number of carboxylic acids is 1. The molecule has 19 heavy (non-hydrogen) atoms. The fourth-order valence-electron chi connectivity index (χ4n) is 2.00. The van der Waals surface area contributed by atoms with Crippen LogP contribution in [0, 0.1) is 0 Å². The van der Waals surface area contributed by atoms with E-state index >= 15 is 0 Å². The highest BCUT2D eigenvalue weighted by Crippen LogP contribution is 2.40. The van der Waals surface area contributed by atoms with Gasteiger partial charge in [0.2, 0.25) is 5.91 Å². The Morgan fingerprint density at radius 1 is 1.58 bits per heavy atom. The fourth-order valence-corrected chi connectivity index (χ4v) is 4.15. The molecule has 2 atom stereocenters. The number of hydrogen-bond acceptors (Lipinski definition) is 4. The van der Waals surface area contributed by atoms with Crippen LogP contribution in [0.15, 0.2) is 11.3 Å². The molecule has 0 aliphatic carbocycles. The molecule has 2 aliphatic heterocycles. The minimum absolute atomic E-state index is 0.0157. The second-order valence-corrected chi connectivity index (χ2v) is 5.91. The van der Waals surface area contributed by atoms with E-state index in [4.69, 9.17) is 11.6 Å². The number of β-lactam (4-membered cyclic amide) rings is 1. The maximum absolute atomic E-state index is 12.0. The largest absolute Gasteiger partial charge is 0.477 e. The van der Waals surface area contributed by atoms with Gasteiger partial charge in [-0.3, -0.25) is 14.5 Å². The summed E-state index contributed by atoms with van der Waals surface area (Å²) in [6.45, 7) is 0. The summed E-state index contributed by atoms with van der Waals surface area (Å²) in [5.74, 6) is -1.70. The Hall–Kier alpha value is -0.730. The van der Waals surface area contributed by atoms with E-state index in [1.54, 1.807) is 0 Å². The summed E-state index contributed by atoms with van der Waals surface area (Å²) < 4.78 is 0.